The summed E-state index contributed by atoms with van der Waals surface area (Å²) >= 11 is 0. The van der Waals surface area contributed by atoms with Crippen LogP contribution in [0.1, 0.15) is 54.1 Å². The fourth-order valence-electron chi connectivity index (χ4n) is 3.28. The largest absolute Gasteiger partial charge is 0.372 e. The Bertz CT molecular complexity index is 597. The normalized spacial score (nSPS) is 25.2. The number of aliphatic hydroxyl groups is 1. The summed E-state index contributed by atoms with van der Waals surface area (Å²) in [5, 5.41) is 12.6. The number of benzene rings is 1. The zero-order chi connectivity index (χ0) is 15.1. The van der Waals surface area contributed by atoms with Crippen molar-refractivity contribution in [3.8, 4) is 0 Å². The molecule has 112 valence electrons. The van der Waals surface area contributed by atoms with Gasteiger partial charge >= 0.3 is 0 Å². The van der Waals surface area contributed by atoms with Crippen molar-refractivity contribution in [1.29, 1.82) is 0 Å². The summed E-state index contributed by atoms with van der Waals surface area (Å²) in [6.07, 6.45) is -0.130. The Morgan fingerprint density at radius 2 is 2.10 bits per heavy atom. The highest BCUT2D eigenvalue weighted by molar-refractivity contribution is 5.99. The van der Waals surface area contributed by atoms with Gasteiger partial charge in [0, 0.05) is 18.5 Å². The van der Waals surface area contributed by atoms with Crippen LogP contribution in [-0.2, 0) is 11.3 Å². The molecule has 1 aromatic rings. The molecule has 0 spiro atoms. The molecule has 0 aromatic heterocycles. The van der Waals surface area contributed by atoms with Crippen LogP contribution in [-0.4, -0.2) is 34.1 Å². The van der Waals surface area contributed by atoms with Crippen molar-refractivity contribution in [3.63, 3.8) is 0 Å². The number of hydrogen-bond acceptors (Lipinski definition) is 3. The quantitative estimate of drug-likeness (QED) is 0.863. The van der Waals surface area contributed by atoms with Gasteiger partial charge in [0.25, 0.3) is 5.91 Å². The maximum Gasteiger partial charge on any atom is 0.254 e. The van der Waals surface area contributed by atoms with Crippen molar-refractivity contribution in [3.05, 3.63) is 34.9 Å². The Hall–Kier alpha value is -1.88. The van der Waals surface area contributed by atoms with Gasteiger partial charge in [0.1, 0.15) is 6.23 Å². The van der Waals surface area contributed by atoms with Gasteiger partial charge in [0.15, 0.2) is 0 Å². The minimum atomic E-state index is -0.980. The predicted molar refractivity (Wildman–Crippen MR) is 77.6 cm³/mol. The van der Waals surface area contributed by atoms with Crippen LogP contribution in [0.25, 0.3) is 0 Å². The number of aliphatic hydroxyl groups excluding tert-OH is 1. The van der Waals surface area contributed by atoms with E-state index in [0.717, 1.165) is 11.1 Å². The Labute approximate surface area is 123 Å². The number of carbonyl (C=O) groups is 2. The molecule has 5 heteroatoms. The molecule has 2 heterocycles. The first-order chi connectivity index (χ1) is 9.99. The number of fused-ring (bicyclic) bond motifs is 1. The van der Waals surface area contributed by atoms with Gasteiger partial charge < -0.3 is 15.3 Å². The van der Waals surface area contributed by atoms with Gasteiger partial charge in [-0.15, -0.1) is 0 Å². The lowest BCUT2D eigenvalue weighted by molar-refractivity contribution is -0.129. The van der Waals surface area contributed by atoms with Gasteiger partial charge in [-0.1, -0.05) is 26.0 Å². The molecule has 1 aromatic carbocycles. The number of amides is 2. The number of piperidine rings is 1. The fraction of sp³-hybridized carbons (Fsp3) is 0.500. The molecule has 0 bridgehead atoms. The van der Waals surface area contributed by atoms with Crippen LogP contribution in [0.4, 0.5) is 0 Å². The molecule has 2 unspecified atom stereocenters. The minimum Gasteiger partial charge on any atom is -0.372 e. The van der Waals surface area contributed by atoms with E-state index in [4.69, 9.17) is 0 Å². The van der Waals surface area contributed by atoms with Gasteiger partial charge in [0.2, 0.25) is 5.91 Å². The van der Waals surface area contributed by atoms with Crippen LogP contribution in [0.3, 0.4) is 0 Å². The summed E-state index contributed by atoms with van der Waals surface area (Å²) in [7, 11) is 0. The number of nitrogens with one attached hydrogen (secondary N) is 1. The standard InChI is InChI=1S/C16H20N2O3/c1-9(2)10-4-3-5-11-12(10)8-18(16(11)21)13-6-7-14(19)17-15(13)20/h3-5,9,13,15,20H,6-8H2,1-2H3,(H,17,19). The van der Waals surface area contributed by atoms with Crippen LogP contribution in [0.2, 0.25) is 0 Å². The first-order valence-electron chi connectivity index (χ1n) is 7.39. The van der Waals surface area contributed by atoms with E-state index in [1.807, 2.05) is 12.1 Å². The Balaban J connectivity index is 1.90. The van der Waals surface area contributed by atoms with Crippen LogP contribution < -0.4 is 5.32 Å². The molecule has 1 saturated heterocycles. The molecule has 2 atom stereocenters. The highest BCUT2D eigenvalue weighted by Crippen LogP contribution is 2.33. The van der Waals surface area contributed by atoms with Crippen LogP contribution >= 0.6 is 0 Å². The second kappa shape index (κ2) is 5.15. The highest BCUT2D eigenvalue weighted by atomic mass is 16.3. The predicted octanol–water partition coefficient (Wildman–Crippen LogP) is 1.36. The molecule has 2 aliphatic heterocycles. The molecular weight excluding hydrogens is 268 g/mol. The summed E-state index contributed by atoms with van der Waals surface area (Å²) in [4.78, 5) is 25.6. The van der Waals surface area contributed by atoms with Gasteiger partial charge in [0.05, 0.1) is 6.04 Å². The Morgan fingerprint density at radius 3 is 2.76 bits per heavy atom. The molecule has 3 rings (SSSR count). The maximum absolute atomic E-state index is 12.6. The third-order valence-electron chi connectivity index (χ3n) is 4.39. The second-order valence-corrected chi connectivity index (χ2v) is 6.08. The van der Waals surface area contributed by atoms with Crippen molar-refractivity contribution < 1.29 is 14.7 Å². The number of nitrogens with zero attached hydrogens (tertiary/aromatic N) is 1. The Morgan fingerprint density at radius 1 is 1.33 bits per heavy atom. The van der Waals surface area contributed by atoms with Gasteiger partial charge in [-0.3, -0.25) is 9.59 Å². The van der Waals surface area contributed by atoms with E-state index in [0.29, 0.717) is 25.3 Å². The molecular formula is C16H20N2O3. The first kappa shape index (κ1) is 14.1. The van der Waals surface area contributed by atoms with Crippen LogP contribution in [0.5, 0.6) is 0 Å². The topological polar surface area (TPSA) is 69.6 Å². The Kier molecular flexibility index (Phi) is 3.45. The zero-order valence-corrected chi connectivity index (χ0v) is 12.3. The van der Waals surface area contributed by atoms with E-state index in [9.17, 15) is 14.7 Å². The summed E-state index contributed by atoms with van der Waals surface area (Å²) < 4.78 is 0. The highest BCUT2D eigenvalue weighted by Gasteiger charge is 2.39. The first-order valence-corrected chi connectivity index (χ1v) is 7.39. The maximum atomic E-state index is 12.6. The monoisotopic (exact) mass is 288 g/mol. The molecule has 0 aliphatic carbocycles. The van der Waals surface area contributed by atoms with E-state index in [-0.39, 0.29) is 17.9 Å². The van der Waals surface area contributed by atoms with Crippen molar-refractivity contribution in [2.45, 2.75) is 51.4 Å². The van der Waals surface area contributed by atoms with E-state index >= 15 is 0 Å². The molecule has 0 radical (unpaired) electrons. The average molecular weight is 288 g/mol. The molecule has 0 saturated carbocycles. The van der Waals surface area contributed by atoms with Gasteiger partial charge in [-0.2, -0.15) is 0 Å². The average Bonchev–Trinajstić information content (AvgIpc) is 2.76. The fourth-order valence-corrected chi connectivity index (χ4v) is 3.28. The number of carbonyl (C=O) groups excluding carboxylic acids is 2. The molecule has 5 nitrogen and oxygen atoms in total. The lowest BCUT2D eigenvalue weighted by Crippen LogP contribution is -2.55. The second-order valence-electron chi connectivity index (χ2n) is 6.08. The van der Waals surface area contributed by atoms with Crippen molar-refractivity contribution in [2.24, 2.45) is 0 Å². The van der Waals surface area contributed by atoms with E-state index in [1.165, 1.54) is 5.56 Å². The number of rotatable bonds is 2. The molecule has 2 aliphatic rings. The smallest absolute Gasteiger partial charge is 0.254 e. The third-order valence-corrected chi connectivity index (χ3v) is 4.39. The van der Waals surface area contributed by atoms with E-state index in [2.05, 4.69) is 25.2 Å². The third kappa shape index (κ3) is 2.31. The lowest BCUT2D eigenvalue weighted by atomic mass is 9.95. The molecule has 1 fully saturated rings. The van der Waals surface area contributed by atoms with E-state index in [1.54, 1.807) is 4.90 Å². The summed E-state index contributed by atoms with van der Waals surface area (Å²) in [6, 6.07) is 5.47. The SMILES string of the molecule is CC(C)c1cccc2c1CN(C1CCC(=O)NC1O)C2=O. The minimum absolute atomic E-state index is 0.0484. The zero-order valence-electron chi connectivity index (χ0n) is 12.3. The summed E-state index contributed by atoms with van der Waals surface area (Å²) in [5.41, 5.74) is 2.96. The summed E-state index contributed by atoms with van der Waals surface area (Å²) in [6.45, 7) is 4.73. The molecule has 2 amide bonds. The summed E-state index contributed by atoms with van der Waals surface area (Å²) in [5.74, 6) is 0.141. The van der Waals surface area contributed by atoms with Crippen LogP contribution in [0.15, 0.2) is 18.2 Å². The number of hydrogen-bond donors (Lipinski definition) is 2. The van der Waals surface area contributed by atoms with Crippen molar-refractivity contribution >= 4 is 11.8 Å². The molecule has 21 heavy (non-hydrogen) atoms. The van der Waals surface area contributed by atoms with Gasteiger partial charge in [-0.05, 0) is 29.5 Å². The van der Waals surface area contributed by atoms with Crippen LogP contribution in [0, 0.1) is 0 Å². The van der Waals surface area contributed by atoms with Crippen molar-refractivity contribution in [2.75, 3.05) is 0 Å². The lowest BCUT2D eigenvalue weighted by Gasteiger charge is -2.35. The van der Waals surface area contributed by atoms with Gasteiger partial charge in [-0.25, -0.2) is 0 Å². The van der Waals surface area contributed by atoms with Crippen molar-refractivity contribution in [1.82, 2.24) is 10.2 Å². The van der Waals surface area contributed by atoms with E-state index < -0.39 is 6.23 Å². The molecule has 2 N–H and O–H groups in total.